The molecule has 0 radical (unpaired) electrons. The molecule has 9 heteroatoms. The number of thioether (sulfide) groups is 1. The maximum atomic E-state index is 13.5. The van der Waals surface area contributed by atoms with E-state index in [1.807, 2.05) is 0 Å². The minimum absolute atomic E-state index is 0.168. The van der Waals surface area contributed by atoms with Crippen molar-refractivity contribution in [3.63, 3.8) is 0 Å². The minimum Gasteiger partial charge on any atom is -0.356 e. The first-order valence-corrected chi connectivity index (χ1v) is 9.24. The van der Waals surface area contributed by atoms with Crippen molar-refractivity contribution in [2.45, 2.75) is 24.8 Å². The van der Waals surface area contributed by atoms with Crippen LogP contribution >= 0.6 is 11.8 Å². The molecule has 0 spiro atoms. The Labute approximate surface area is 153 Å². The van der Waals surface area contributed by atoms with Crippen LogP contribution in [0, 0.1) is 11.7 Å². The van der Waals surface area contributed by atoms with E-state index in [4.69, 9.17) is 0 Å². The van der Waals surface area contributed by atoms with Gasteiger partial charge in [-0.1, -0.05) is 18.2 Å². The Kier molecular flexibility index (Phi) is 7.31. The van der Waals surface area contributed by atoms with E-state index < -0.39 is 17.2 Å². The van der Waals surface area contributed by atoms with Crippen LogP contribution in [0.25, 0.3) is 0 Å². The summed E-state index contributed by atoms with van der Waals surface area (Å²) in [6, 6.07) is 6.34. The number of alkyl halides is 3. The molecule has 0 bridgehead atoms. The molecule has 26 heavy (non-hydrogen) atoms. The average Bonchev–Trinajstić information content (AvgIpc) is 2.60. The zero-order valence-corrected chi connectivity index (χ0v) is 14.8. The summed E-state index contributed by atoms with van der Waals surface area (Å²) in [4.78, 5) is 25.3. The summed E-state index contributed by atoms with van der Waals surface area (Å²) >= 11 is -0.349. The topological polar surface area (TPSA) is 49.4 Å². The maximum absolute atomic E-state index is 13.5. The number of hydrogen-bond acceptors (Lipinski definition) is 3. The maximum Gasteiger partial charge on any atom is 0.442 e. The molecule has 2 rings (SSSR count). The fourth-order valence-electron chi connectivity index (χ4n) is 2.79. The predicted octanol–water partition coefficient (Wildman–Crippen LogP) is 2.98. The largest absolute Gasteiger partial charge is 0.442 e. The second kappa shape index (κ2) is 9.25. The van der Waals surface area contributed by atoms with Crippen LogP contribution in [0.4, 0.5) is 17.6 Å². The van der Waals surface area contributed by atoms with Crippen LogP contribution in [0.1, 0.15) is 18.4 Å². The second-order valence-electron chi connectivity index (χ2n) is 6.02. The van der Waals surface area contributed by atoms with Gasteiger partial charge in [0.05, 0.1) is 5.75 Å². The quantitative estimate of drug-likeness (QED) is 0.758. The van der Waals surface area contributed by atoms with Crippen LogP contribution in [0.2, 0.25) is 0 Å². The normalized spacial score (nSPS) is 15.8. The van der Waals surface area contributed by atoms with Gasteiger partial charge in [0.25, 0.3) is 0 Å². The number of carbonyl (C=O) groups is 2. The van der Waals surface area contributed by atoms with Gasteiger partial charge in [0, 0.05) is 25.6 Å². The molecule has 0 unspecified atom stereocenters. The third kappa shape index (κ3) is 6.51. The summed E-state index contributed by atoms with van der Waals surface area (Å²) < 4.78 is 49.9. The lowest BCUT2D eigenvalue weighted by Crippen LogP contribution is -2.44. The highest BCUT2D eigenvalue weighted by atomic mass is 32.2. The highest BCUT2D eigenvalue weighted by Gasteiger charge is 2.32. The van der Waals surface area contributed by atoms with Crippen molar-refractivity contribution in [3.05, 3.63) is 35.6 Å². The fraction of sp³-hybridized carbons (Fsp3) is 0.529. The molecule has 0 aliphatic carbocycles. The number of carbonyl (C=O) groups excluding carboxylic acids is 2. The van der Waals surface area contributed by atoms with Gasteiger partial charge in [-0.2, -0.15) is 13.2 Å². The van der Waals surface area contributed by atoms with E-state index in [0.29, 0.717) is 31.4 Å². The highest BCUT2D eigenvalue weighted by Crippen LogP contribution is 2.30. The number of halogens is 4. The van der Waals surface area contributed by atoms with Gasteiger partial charge in [-0.3, -0.25) is 9.59 Å². The van der Waals surface area contributed by atoms with E-state index in [-0.39, 0.29) is 42.5 Å². The number of amides is 2. The first-order valence-electron chi connectivity index (χ1n) is 8.26. The Morgan fingerprint density at radius 3 is 2.46 bits per heavy atom. The number of nitrogens with zero attached hydrogens (tertiary/aromatic N) is 1. The van der Waals surface area contributed by atoms with Gasteiger partial charge in [0.15, 0.2) is 0 Å². The molecule has 1 aliphatic heterocycles. The highest BCUT2D eigenvalue weighted by molar-refractivity contribution is 8.00. The Hall–Kier alpha value is -1.77. The van der Waals surface area contributed by atoms with Crippen molar-refractivity contribution < 1.29 is 27.2 Å². The van der Waals surface area contributed by atoms with Crippen LogP contribution in [0.15, 0.2) is 24.3 Å². The molecule has 0 aromatic heterocycles. The number of nitrogens with one attached hydrogen (secondary N) is 1. The van der Waals surface area contributed by atoms with E-state index >= 15 is 0 Å². The number of likely N-dealkylation sites (tertiary alicyclic amines) is 1. The summed E-state index contributed by atoms with van der Waals surface area (Å²) in [5.74, 6) is -1.97. The first kappa shape index (κ1) is 20.5. The fourth-order valence-corrected chi connectivity index (χ4v) is 3.26. The summed E-state index contributed by atoms with van der Waals surface area (Å²) in [5.41, 5.74) is -3.90. The molecule has 2 amide bonds. The van der Waals surface area contributed by atoms with Crippen LogP contribution in [0.5, 0.6) is 0 Å². The van der Waals surface area contributed by atoms with E-state index in [0.717, 1.165) is 0 Å². The molecule has 1 aliphatic rings. The van der Waals surface area contributed by atoms with Gasteiger partial charge in [-0.25, -0.2) is 4.39 Å². The van der Waals surface area contributed by atoms with Crippen LogP contribution in [-0.4, -0.2) is 47.6 Å². The second-order valence-corrected chi connectivity index (χ2v) is 7.06. The van der Waals surface area contributed by atoms with Gasteiger partial charge in [0.2, 0.25) is 11.8 Å². The third-order valence-electron chi connectivity index (χ3n) is 4.23. The predicted molar refractivity (Wildman–Crippen MR) is 90.9 cm³/mol. The summed E-state index contributed by atoms with van der Waals surface area (Å²) in [6.07, 6.45) is 1.20. The monoisotopic (exact) mass is 392 g/mol. The number of benzene rings is 1. The Morgan fingerprint density at radius 1 is 1.19 bits per heavy atom. The van der Waals surface area contributed by atoms with Gasteiger partial charge < -0.3 is 10.2 Å². The molecule has 144 valence electrons. The van der Waals surface area contributed by atoms with Crippen molar-refractivity contribution in [2.24, 2.45) is 5.92 Å². The Balaban J connectivity index is 1.69. The molecule has 1 heterocycles. The van der Waals surface area contributed by atoms with Crippen LogP contribution in [-0.2, 0) is 16.0 Å². The first-order chi connectivity index (χ1) is 12.3. The average molecular weight is 392 g/mol. The molecular formula is C17H20F4N2O2S. The molecule has 0 atom stereocenters. The number of piperidine rings is 1. The minimum atomic E-state index is -4.42. The molecule has 1 aromatic rings. The van der Waals surface area contributed by atoms with E-state index in [2.05, 4.69) is 5.32 Å². The van der Waals surface area contributed by atoms with Crippen molar-refractivity contribution in [3.8, 4) is 0 Å². The van der Waals surface area contributed by atoms with E-state index in [9.17, 15) is 27.2 Å². The Bertz CT molecular complexity index is 631. The van der Waals surface area contributed by atoms with Crippen LogP contribution < -0.4 is 5.32 Å². The molecular weight excluding hydrogens is 372 g/mol. The molecule has 1 aromatic carbocycles. The molecule has 1 N–H and O–H groups in total. The van der Waals surface area contributed by atoms with Gasteiger partial charge in [-0.05, 0) is 42.7 Å². The van der Waals surface area contributed by atoms with Gasteiger partial charge in [0.1, 0.15) is 5.82 Å². The zero-order chi connectivity index (χ0) is 19.2. The van der Waals surface area contributed by atoms with Crippen molar-refractivity contribution in [1.82, 2.24) is 10.2 Å². The number of hydrogen-bond donors (Lipinski definition) is 1. The zero-order valence-electron chi connectivity index (χ0n) is 14.0. The van der Waals surface area contributed by atoms with Crippen molar-refractivity contribution >= 4 is 23.6 Å². The summed E-state index contributed by atoms with van der Waals surface area (Å²) in [6.45, 7) is 0.840. The molecule has 4 nitrogen and oxygen atoms in total. The summed E-state index contributed by atoms with van der Waals surface area (Å²) in [7, 11) is 0. The lowest BCUT2D eigenvalue weighted by Gasteiger charge is -2.31. The number of rotatable bonds is 6. The van der Waals surface area contributed by atoms with E-state index in [1.165, 1.54) is 11.0 Å². The van der Waals surface area contributed by atoms with Crippen molar-refractivity contribution in [2.75, 3.05) is 25.4 Å². The smallest absolute Gasteiger partial charge is 0.356 e. The molecule has 1 fully saturated rings. The van der Waals surface area contributed by atoms with Crippen LogP contribution in [0.3, 0.4) is 0 Å². The molecule has 0 saturated carbocycles. The third-order valence-corrected chi connectivity index (χ3v) is 4.95. The van der Waals surface area contributed by atoms with Crippen molar-refractivity contribution in [1.29, 1.82) is 0 Å². The van der Waals surface area contributed by atoms with Gasteiger partial charge in [-0.15, -0.1) is 0 Å². The standard InChI is InChI=1S/C17H20F4N2O2S/c18-14-4-2-1-3-12(14)5-8-22-16(25)13-6-9-23(10-7-13)15(24)11-26-17(19,20)21/h1-4,13H,5-11H2,(H,22,25). The van der Waals surface area contributed by atoms with E-state index in [1.54, 1.807) is 18.2 Å². The Morgan fingerprint density at radius 2 is 1.85 bits per heavy atom. The SMILES string of the molecule is O=C(NCCc1ccccc1F)C1CCN(C(=O)CSC(F)(F)F)CC1. The lowest BCUT2D eigenvalue weighted by atomic mass is 9.96. The lowest BCUT2D eigenvalue weighted by molar-refractivity contribution is -0.133. The van der Waals surface area contributed by atoms with Gasteiger partial charge >= 0.3 is 5.51 Å². The molecule has 1 saturated heterocycles. The summed E-state index contributed by atoms with van der Waals surface area (Å²) in [5, 5.41) is 2.76.